The number of benzene rings is 10. The van der Waals surface area contributed by atoms with Crippen LogP contribution in [0.4, 0.5) is 23.5 Å². The van der Waals surface area contributed by atoms with Gasteiger partial charge < -0.3 is 0 Å². The molecule has 700 valence electrons. The van der Waals surface area contributed by atoms with E-state index in [-0.39, 0.29) is 23.5 Å². The van der Waals surface area contributed by atoms with Crippen LogP contribution in [0.5, 0.6) is 0 Å². The maximum atomic E-state index is 4.38. The quantitative estimate of drug-likeness (QED) is 0.0146. The van der Waals surface area contributed by atoms with Crippen LogP contribution in [-0.2, 0) is 32.1 Å². The molecular formula is C120H155F5S5. The Labute approximate surface area is 810 Å². The van der Waals surface area contributed by atoms with Crippen molar-refractivity contribution in [1.29, 1.82) is 0 Å². The summed E-state index contributed by atoms with van der Waals surface area (Å²) in [5.74, 6) is 3.41. The minimum Gasteiger partial charge on any atom is -0.269 e. The molecule has 10 aromatic carbocycles. The van der Waals surface area contributed by atoms with Crippen molar-refractivity contribution in [1.82, 2.24) is 0 Å². The first kappa shape index (κ1) is 111. The summed E-state index contributed by atoms with van der Waals surface area (Å²) in [5, 5.41) is 0. The van der Waals surface area contributed by atoms with E-state index < -0.39 is 0 Å². The lowest BCUT2D eigenvalue weighted by Crippen LogP contribution is -2.04. The van der Waals surface area contributed by atoms with Crippen molar-refractivity contribution < 1.29 is 23.5 Å². The Hall–Kier alpha value is -7.70. The summed E-state index contributed by atoms with van der Waals surface area (Å²) < 4.78 is 0. The molecule has 0 heterocycles. The first-order chi connectivity index (χ1) is 61.3. The monoisotopic (exact) mass is 1850 g/mol. The largest absolute Gasteiger partial charge is 0.269 e. The van der Waals surface area contributed by atoms with E-state index in [4.69, 9.17) is 0 Å². The molecule has 0 nitrogen and oxygen atoms in total. The number of hydrogen-bond donors (Lipinski definition) is 5. The van der Waals surface area contributed by atoms with Gasteiger partial charge in [-0.25, -0.2) is 0 Å². The number of halogens is 5. The number of unbranched alkanes of at least 4 members (excludes halogenated alkanes) is 15. The molecule has 10 heteroatoms. The molecule has 0 aromatic heterocycles. The molecule has 0 N–H and O–H groups in total. The molecule has 0 radical (unpaired) electrons. The highest BCUT2D eigenvalue weighted by molar-refractivity contribution is 7.81. The topological polar surface area (TPSA) is 0 Å². The van der Waals surface area contributed by atoms with Crippen molar-refractivity contribution in [3.63, 3.8) is 0 Å². The Morgan fingerprint density at radius 1 is 0.185 bits per heavy atom. The second-order valence-electron chi connectivity index (χ2n) is 36.5. The normalized spacial score (nSPS) is 16.7. The summed E-state index contributed by atoms with van der Waals surface area (Å²) >= 11 is 21.9. The second-order valence-corrected chi connectivity index (χ2v) is 39.1. The van der Waals surface area contributed by atoms with Gasteiger partial charge in [-0.05, 0) is 362 Å². The van der Waals surface area contributed by atoms with Gasteiger partial charge in [0.1, 0.15) is 0 Å². The van der Waals surface area contributed by atoms with Gasteiger partial charge in [0.05, 0.1) is 0 Å². The van der Waals surface area contributed by atoms with Gasteiger partial charge in [-0.15, -0.1) is 63.1 Å². The fourth-order valence-electron chi connectivity index (χ4n) is 18.9. The van der Waals surface area contributed by atoms with Gasteiger partial charge in [-0.2, -0.15) is 0 Å². The molecule has 15 rings (SSSR count). The van der Waals surface area contributed by atoms with Crippen LogP contribution in [0.15, 0.2) is 298 Å². The van der Waals surface area contributed by atoms with E-state index >= 15 is 0 Å². The number of aryl methyl sites for hydroxylation is 5. The van der Waals surface area contributed by atoms with Crippen LogP contribution in [0.25, 0.3) is 27.9 Å². The third-order valence-electron chi connectivity index (χ3n) is 27.1. The molecule has 0 fully saturated rings. The van der Waals surface area contributed by atoms with Crippen LogP contribution in [0.3, 0.4) is 0 Å². The van der Waals surface area contributed by atoms with Crippen LogP contribution in [0, 0.1) is 0 Å². The van der Waals surface area contributed by atoms with Crippen molar-refractivity contribution in [2.45, 2.75) is 346 Å². The number of thiol groups is 5. The molecule has 5 aliphatic carbocycles. The van der Waals surface area contributed by atoms with Crippen molar-refractivity contribution in [2.75, 3.05) is 0 Å². The highest BCUT2D eigenvalue weighted by Gasteiger charge is 2.23. The van der Waals surface area contributed by atoms with Crippen molar-refractivity contribution >= 4 is 91.0 Å². The van der Waals surface area contributed by atoms with Crippen molar-refractivity contribution in [3.8, 4) is 0 Å². The standard InChI is InChI=1S/5C24H30S.5FH/c5*1-2-3-4-5-6-19-7-9-20(10-8-19)21-11-13-22(14-12-21)23-15-17-24(25)18-16-23;;;;;/h5*7-10,13,15-18,21,25H,2-6,11-12,14H2,1H3;5*1H. The minimum atomic E-state index is 0. The molecular weight excluding hydrogens is 1700 g/mol. The zero-order valence-electron chi connectivity index (χ0n) is 78.9. The molecule has 0 saturated carbocycles. The van der Waals surface area contributed by atoms with E-state index in [1.165, 1.54) is 336 Å². The molecule has 0 saturated heterocycles. The number of hydrogen-bond acceptors (Lipinski definition) is 5. The summed E-state index contributed by atoms with van der Waals surface area (Å²) in [7, 11) is 0. The molecule has 0 amide bonds. The van der Waals surface area contributed by atoms with E-state index in [1.807, 2.05) is 0 Å². The molecule has 5 unspecified atom stereocenters. The van der Waals surface area contributed by atoms with E-state index in [1.54, 1.807) is 0 Å². The maximum Gasteiger partial charge on any atom is 0.00403 e. The van der Waals surface area contributed by atoms with Gasteiger partial charge in [0, 0.05) is 24.5 Å². The average Bonchev–Trinajstić information content (AvgIpc) is 0.850. The van der Waals surface area contributed by atoms with Crippen LogP contribution in [0.1, 0.15) is 372 Å². The van der Waals surface area contributed by atoms with Gasteiger partial charge in [0.25, 0.3) is 0 Å². The Kier molecular flexibility index (Phi) is 53.6. The zero-order chi connectivity index (χ0) is 87.4. The fourth-order valence-corrected chi connectivity index (χ4v) is 19.7. The van der Waals surface area contributed by atoms with E-state index in [2.05, 4.69) is 371 Å². The summed E-state index contributed by atoms with van der Waals surface area (Å²) in [5.41, 5.74) is 29.3. The molecule has 10 aromatic rings. The maximum absolute atomic E-state index is 4.38. The summed E-state index contributed by atoms with van der Waals surface area (Å²) in [6.45, 7) is 11.4. The van der Waals surface area contributed by atoms with E-state index in [0.717, 1.165) is 56.6 Å². The molecule has 130 heavy (non-hydrogen) atoms. The van der Waals surface area contributed by atoms with Gasteiger partial charge in [0.15, 0.2) is 0 Å². The molecule has 0 aliphatic heterocycles. The summed E-state index contributed by atoms with van der Waals surface area (Å²) in [6, 6.07) is 90.1. The molecule has 5 atom stereocenters. The lowest BCUT2D eigenvalue weighted by atomic mass is 9.82. The number of allylic oxidation sites excluding steroid dienone is 10. The Morgan fingerprint density at radius 3 is 0.454 bits per heavy atom. The van der Waals surface area contributed by atoms with Crippen molar-refractivity contribution in [2.24, 2.45) is 0 Å². The molecule has 0 spiro atoms. The van der Waals surface area contributed by atoms with Gasteiger partial charge >= 0.3 is 0 Å². The minimum absolute atomic E-state index is 0. The van der Waals surface area contributed by atoms with Crippen molar-refractivity contribution in [3.05, 3.63) is 356 Å². The van der Waals surface area contributed by atoms with Crippen LogP contribution < -0.4 is 0 Å². The molecule has 0 bridgehead atoms. The Morgan fingerprint density at radius 2 is 0.331 bits per heavy atom. The third-order valence-corrected chi connectivity index (χ3v) is 28.6. The second kappa shape index (κ2) is 62.7. The van der Waals surface area contributed by atoms with Gasteiger partial charge in [0.2, 0.25) is 0 Å². The molecule has 5 aliphatic rings. The highest BCUT2D eigenvalue weighted by atomic mass is 32.1. The fraction of sp³-hybridized carbons (Fsp3) is 0.417. The van der Waals surface area contributed by atoms with E-state index in [0.29, 0.717) is 29.6 Å². The third kappa shape index (κ3) is 38.0. The van der Waals surface area contributed by atoms with Crippen LogP contribution >= 0.6 is 63.1 Å². The Balaban J connectivity index is 0.000000248. The predicted octanol–water partition coefficient (Wildman–Crippen LogP) is 38.0. The van der Waals surface area contributed by atoms with Crippen LogP contribution in [-0.4, -0.2) is 0 Å². The van der Waals surface area contributed by atoms with Gasteiger partial charge in [-0.1, -0.05) is 343 Å². The van der Waals surface area contributed by atoms with Gasteiger partial charge in [-0.3, -0.25) is 23.5 Å². The Bertz CT molecular complexity index is 4150. The first-order valence-corrected chi connectivity index (χ1v) is 51.4. The smallest absolute Gasteiger partial charge is 0.00403 e. The summed E-state index contributed by atoms with van der Waals surface area (Å²) in [4.78, 5) is 5.18. The average molecular weight is 1850 g/mol. The van der Waals surface area contributed by atoms with E-state index in [9.17, 15) is 0 Å². The SMILES string of the molecule is CCCCCCc1ccc(C2CC=C(c3ccc(S)cc3)CC2)cc1.CCCCCCc1ccc(C2CC=C(c3ccc(S)cc3)CC2)cc1.CCCCCCc1ccc(C2CC=C(c3ccc(S)cc3)CC2)cc1.CCCCCCc1ccc(C2CC=C(c3ccc(S)cc3)CC2)cc1.CCCCCCc1ccc(C2CC=C(c3ccc(S)cc3)CC2)cc1.F.F.F.F.F. The predicted molar refractivity (Wildman–Crippen MR) is 575 cm³/mol. The lowest BCUT2D eigenvalue weighted by molar-refractivity contribution is 0.624. The van der Waals surface area contributed by atoms with Crippen LogP contribution in [0.2, 0.25) is 0 Å². The lowest BCUT2D eigenvalue weighted by Gasteiger charge is -2.23. The number of rotatable bonds is 35. The first-order valence-electron chi connectivity index (χ1n) is 49.2. The summed E-state index contributed by atoms with van der Waals surface area (Å²) in [6.07, 6.45) is 63.2. The zero-order valence-corrected chi connectivity index (χ0v) is 83.4. The highest BCUT2D eigenvalue weighted by Crippen LogP contribution is 2.43.